The molecule has 19 heavy (non-hydrogen) atoms. The number of nitrogen functional groups attached to an aromatic ring is 1. The van der Waals surface area contributed by atoms with Crippen LogP contribution >= 0.6 is 11.3 Å². The van der Waals surface area contributed by atoms with E-state index in [0.29, 0.717) is 26.8 Å². The summed E-state index contributed by atoms with van der Waals surface area (Å²) < 4.78 is 10.0. The Morgan fingerprint density at radius 3 is 3.05 bits per heavy atom. The first-order chi connectivity index (χ1) is 9.15. The number of anilines is 1. The maximum Gasteiger partial charge on any atom is 0.308 e. The molecule has 0 amide bonds. The van der Waals surface area contributed by atoms with Crippen molar-refractivity contribution in [3.8, 4) is 16.3 Å². The van der Waals surface area contributed by atoms with E-state index in [4.69, 9.17) is 14.9 Å². The number of esters is 1. The number of hydrogen-bond donors (Lipinski definition) is 1. The third kappa shape index (κ3) is 2.04. The molecule has 3 rings (SSSR count). The van der Waals surface area contributed by atoms with Gasteiger partial charge in [-0.25, -0.2) is 9.97 Å². The van der Waals surface area contributed by atoms with E-state index in [1.807, 2.05) is 0 Å². The Morgan fingerprint density at radius 2 is 2.37 bits per heavy atom. The van der Waals surface area contributed by atoms with Gasteiger partial charge in [0.25, 0.3) is 0 Å². The highest BCUT2D eigenvalue weighted by Gasteiger charge is 2.15. The van der Waals surface area contributed by atoms with Crippen LogP contribution in [0.15, 0.2) is 29.2 Å². The van der Waals surface area contributed by atoms with E-state index in [1.165, 1.54) is 18.3 Å². The lowest BCUT2D eigenvalue weighted by Gasteiger charge is -1.98. The van der Waals surface area contributed by atoms with Crippen LogP contribution in [0.1, 0.15) is 6.92 Å². The van der Waals surface area contributed by atoms with Gasteiger partial charge >= 0.3 is 5.97 Å². The molecule has 0 atom stereocenters. The Balaban J connectivity index is 2.12. The third-order valence-corrected chi connectivity index (χ3v) is 3.44. The molecule has 7 heteroatoms. The largest absolute Gasteiger partial charge is 0.472 e. The zero-order valence-electron chi connectivity index (χ0n) is 9.91. The highest BCUT2D eigenvalue weighted by Crippen LogP contribution is 2.38. The van der Waals surface area contributed by atoms with Crippen LogP contribution in [0, 0.1) is 0 Å². The van der Waals surface area contributed by atoms with Gasteiger partial charge in [-0.05, 0) is 6.07 Å². The molecule has 2 N–H and O–H groups in total. The van der Waals surface area contributed by atoms with Gasteiger partial charge in [0, 0.05) is 12.5 Å². The molecule has 0 fully saturated rings. The van der Waals surface area contributed by atoms with Crippen LogP contribution in [0.4, 0.5) is 5.69 Å². The highest BCUT2D eigenvalue weighted by atomic mass is 32.1. The fraction of sp³-hybridized carbons (Fsp3) is 0.0833. The summed E-state index contributed by atoms with van der Waals surface area (Å²) in [6, 6.07) is 1.78. The maximum absolute atomic E-state index is 11.0. The van der Waals surface area contributed by atoms with E-state index in [0.717, 1.165) is 5.56 Å². The lowest BCUT2D eigenvalue weighted by atomic mass is 10.2. The molecule has 0 aliphatic rings. The monoisotopic (exact) mass is 275 g/mol. The molecule has 96 valence electrons. The predicted octanol–water partition coefficient (Wildman–Crippen LogP) is 2.46. The van der Waals surface area contributed by atoms with Gasteiger partial charge in [-0.3, -0.25) is 4.79 Å². The van der Waals surface area contributed by atoms with Crippen LogP contribution in [0.3, 0.4) is 0 Å². The summed E-state index contributed by atoms with van der Waals surface area (Å²) in [5, 5.41) is 0.326. The normalized spacial score (nSPS) is 10.8. The van der Waals surface area contributed by atoms with Crippen LogP contribution in [-0.2, 0) is 4.79 Å². The molecule has 0 radical (unpaired) electrons. The molecular weight excluding hydrogens is 266 g/mol. The fourth-order valence-corrected chi connectivity index (χ4v) is 2.52. The number of ether oxygens (including phenoxy) is 1. The van der Waals surface area contributed by atoms with Crippen molar-refractivity contribution < 1.29 is 13.9 Å². The van der Waals surface area contributed by atoms with Crippen molar-refractivity contribution in [1.82, 2.24) is 9.97 Å². The Labute approximate surface area is 111 Å². The predicted molar refractivity (Wildman–Crippen MR) is 70.8 cm³/mol. The number of carbonyl (C=O) groups excluding carboxylic acids is 1. The number of furan rings is 1. The highest BCUT2D eigenvalue weighted by molar-refractivity contribution is 7.21. The number of nitrogens with zero attached hydrogens (tertiary/aromatic N) is 2. The molecule has 0 aromatic carbocycles. The number of nitrogens with two attached hydrogens (primary N) is 1. The molecule has 0 saturated carbocycles. The van der Waals surface area contributed by atoms with Crippen molar-refractivity contribution in [1.29, 1.82) is 0 Å². The Morgan fingerprint density at radius 1 is 1.53 bits per heavy atom. The second kappa shape index (κ2) is 4.36. The number of fused-ring (bicyclic) bond motifs is 1. The Hall–Kier alpha value is -2.41. The molecule has 0 aliphatic heterocycles. The van der Waals surface area contributed by atoms with Gasteiger partial charge in [0.15, 0.2) is 0 Å². The summed E-state index contributed by atoms with van der Waals surface area (Å²) >= 11 is 1.19. The summed E-state index contributed by atoms with van der Waals surface area (Å²) in [6.07, 6.45) is 4.76. The van der Waals surface area contributed by atoms with E-state index in [9.17, 15) is 4.79 Å². The smallest absolute Gasteiger partial charge is 0.308 e. The molecule has 3 aromatic rings. The minimum absolute atomic E-state index is 0.326. The second-order valence-electron chi connectivity index (χ2n) is 3.82. The first kappa shape index (κ1) is 11.7. The van der Waals surface area contributed by atoms with Gasteiger partial charge in [-0.15, -0.1) is 0 Å². The zero-order valence-corrected chi connectivity index (χ0v) is 10.7. The number of aromatic nitrogens is 2. The minimum atomic E-state index is -0.423. The van der Waals surface area contributed by atoms with Crippen LogP contribution < -0.4 is 10.5 Å². The summed E-state index contributed by atoms with van der Waals surface area (Å²) in [7, 11) is 0. The van der Waals surface area contributed by atoms with Gasteiger partial charge in [0.2, 0.25) is 5.06 Å². The van der Waals surface area contributed by atoms with Gasteiger partial charge in [0.05, 0.1) is 24.4 Å². The summed E-state index contributed by atoms with van der Waals surface area (Å²) in [4.78, 5) is 20.3. The topological polar surface area (TPSA) is 91.2 Å². The van der Waals surface area contributed by atoms with Gasteiger partial charge in [0.1, 0.15) is 16.0 Å². The fourth-order valence-electron chi connectivity index (χ4n) is 1.62. The van der Waals surface area contributed by atoms with E-state index in [2.05, 4.69) is 9.97 Å². The zero-order chi connectivity index (χ0) is 13.4. The number of carbonyl (C=O) groups is 1. The second-order valence-corrected chi connectivity index (χ2v) is 4.78. The van der Waals surface area contributed by atoms with Crippen LogP contribution in [0.25, 0.3) is 21.6 Å². The Bertz CT molecular complexity index is 749. The molecule has 0 saturated heterocycles. The minimum Gasteiger partial charge on any atom is -0.472 e. The molecule has 6 nitrogen and oxygen atoms in total. The lowest BCUT2D eigenvalue weighted by Crippen LogP contribution is -2.01. The Kier molecular flexibility index (Phi) is 2.68. The van der Waals surface area contributed by atoms with Gasteiger partial charge < -0.3 is 14.9 Å². The van der Waals surface area contributed by atoms with E-state index in [-0.39, 0.29) is 0 Å². The van der Waals surface area contributed by atoms with E-state index >= 15 is 0 Å². The summed E-state index contributed by atoms with van der Waals surface area (Å²) in [5.41, 5.74) is 8.24. The SMILES string of the molecule is CC(=O)Oc1sc2ncc(-c3ccoc3)nc2c1N. The molecule has 0 aliphatic carbocycles. The number of hydrogen-bond acceptors (Lipinski definition) is 7. The van der Waals surface area contributed by atoms with Crippen molar-refractivity contribution in [2.45, 2.75) is 6.92 Å². The van der Waals surface area contributed by atoms with Gasteiger partial charge in [-0.2, -0.15) is 0 Å². The average Bonchev–Trinajstić information content (AvgIpc) is 2.99. The van der Waals surface area contributed by atoms with Crippen molar-refractivity contribution in [3.05, 3.63) is 24.8 Å². The van der Waals surface area contributed by atoms with Crippen molar-refractivity contribution >= 4 is 33.3 Å². The molecular formula is C12H9N3O3S. The van der Waals surface area contributed by atoms with Crippen molar-refractivity contribution in [3.63, 3.8) is 0 Å². The lowest BCUT2D eigenvalue weighted by molar-refractivity contribution is -0.131. The van der Waals surface area contributed by atoms with Crippen LogP contribution in [0.2, 0.25) is 0 Å². The molecule has 0 unspecified atom stereocenters. The number of thiophene rings is 1. The average molecular weight is 275 g/mol. The first-order valence-corrected chi connectivity index (χ1v) is 6.23. The maximum atomic E-state index is 11.0. The molecule has 3 aromatic heterocycles. The van der Waals surface area contributed by atoms with E-state index in [1.54, 1.807) is 24.8 Å². The summed E-state index contributed by atoms with van der Waals surface area (Å²) in [6.45, 7) is 1.32. The van der Waals surface area contributed by atoms with Gasteiger partial charge in [-0.1, -0.05) is 11.3 Å². The van der Waals surface area contributed by atoms with Crippen LogP contribution in [-0.4, -0.2) is 15.9 Å². The van der Waals surface area contributed by atoms with E-state index < -0.39 is 5.97 Å². The summed E-state index contributed by atoms with van der Waals surface area (Å²) in [5.74, 6) is -0.423. The molecule has 0 bridgehead atoms. The quantitative estimate of drug-likeness (QED) is 0.722. The third-order valence-electron chi connectivity index (χ3n) is 2.46. The molecule has 0 spiro atoms. The molecule has 3 heterocycles. The van der Waals surface area contributed by atoms with Crippen molar-refractivity contribution in [2.75, 3.05) is 5.73 Å². The first-order valence-electron chi connectivity index (χ1n) is 5.41. The van der Waals surface area contributed by atoms with Crippen molar-refractivity contribution in [2.24, 2.45) is 0 Å². The standard InChI is InChI=1S/C12H9N3O3S/c1-6(16)18-12-9(13)10-11(19-12)14-4-8(15-10)7-2-3-17-5-7/h2-5H,13H2,1H3. The van der Waals surface area contributed by atoms with Crippen LogP contribution in [0.5, 0.6) is 5.06 Å². The number of rotatable bonds is 2.